The van der Waals surface area contributed by atoms with Gasteiger partial charge in [0.05, 0.1) is 11.7 Å². The number of halogens is 2. The summed E-state index contributed by atoms with van der Waals surface area (Å²) in [6, 6.07) is 9.84. The number of benzene rings is 2. The molecule has 2 N–H and O–H groups in total. The summed E-state index contributed by atoms with van der Waals surface area (Å²) in [5.41, 5.74) is 1.62. The Kier molecular flexibility index (Phi) is 5.63. The zero-order valence-electron chi connectivity index (χ0n) is 13.4. The molecule has 0 fully saturated rings. The van der Waals surface area contributed by atoms with Gasteiger partial charge in [-0.05, 0) is 36.6 Å². The third kappa shape index (κ3) is 4.38. The molecule has 0 spiro atoms. The van der Waals surface area contributed by atoms with E-state index in [-0.39, 0.29) is 5.69 Å². The number of hydrogen-bond donors (Lipinski definition) is 2. The second-order valence-corrected chi connectivity index (χ2v) is 5.37. The van der Waals surface area contributed by atoms with Crippen molar-refractivity contribution in [2.75, 3.05) is 5.32 Å². The molecule has 6 heteroatoms. The molecule has 0 heterocycles. The fourth-order valence-electron chi connectivity index (χ4n) is 2.16. The smallest absolute Gasteiger partial charge is 0.313 e. The van der Waals surface area contributed by atoms with Crippen LogP contribution in [0.25, 0.3) is 0 Å². The maximum absolute atomic E-state index is 13.5. The standard InChI is InChI=1S/C18H18F2N2O2/c1-3-12-4-6-13(7-5-12)11(2)21-17(23)18(24)22-16-10-14(19)8-9-15(16)20/h4-11H,3H2,1-2H3,(H,21,23)(H,22,24). The van der Waals surface area contributed by atoms with Crippen LogP contribution >= 0.6 is 0 Å². The van der Waals surface area contributed by atoms with E-state index in [1.54, 1.807) is 6.92 Å². The normalized spacial score (nSPS) is 11.7. The van der Waals surface area contributed by atoms with Gasteiger partial charge in [0.25, 0.3) is 0 Å². The molecule has 0 aromatic heterocycles. The van der Waals surface area contributed by atoms with Crippen LogP contribution in [-0.4, -0.2) is 11.8 Å². The topological polar surface area (TPSA) is 58.2 Å². The minimum absolute atomic E-state index is 0.380. The van der Waals surface area contributed by atoms with Crippen LogP contribution in [0.4, 0.5) is 14.5 Å². The Hall–Kier alpha value is -2.76. The summed E-state index contributed by atoms with van der Waals surface area (Å²) in [5.74, 6) is -3.51. The molecule has 0 aliphatic rings. The highest BCUT2D eigenvalue weighted by atomic mass is 19.1. The van der Waals surface area contributed by atoms with Crippen LogP contribution in [0.15, 0.2) is 42.5 Å². The van der Waals surface area contributed by atoms with Crippen LogP contribution in [0.5, 0.6) is 0 Å². The molecule has 2 amide bonds. The molecule has 0 saturated heterocycles. The number of carbonyl (C=O) groups excluding carboxylic acids is 2. The lowest BCUT2D eigenvalue weighted by atomic mass is 10.1. The van der Waals surface area contributed by atoms with E-state index in [2.05, 4.69) is 10.6 Å². The Morgan fingerprint density at radius 3 is 2.33 bits per heavy atom. The Labute approximate surface area is 138 Å². The Morgan fingerprint density at radius 1 is 1.04 bits per heavy atom. The van der Waals surface area contributed by atoms with E-state index < -0.39 is 29.5 Å². The average molecular weight is 332 g/mol. The summed E-state index contributed by atoms with van der Waals surface area (Å²) in [6.45, 7) is 3.77. The first-order chi connectivity index (χ1) is 11.4. The average Bonchev–Trinajstić information content (AvgIpc) is 2.58. The molecule has 0 radical (unpaired) electrons. The van der Waals surface area contributed by atoms with Crippen LogP contribution < -0.4 is 10.6 Å². The predicted octanol–water partition coefficient (Wildman–Crippen LogP) is 3.34. The molecule has 0 aliphatic heterocycles. The fourth-order valence-corrected chi connectivity index (χ4v) is 2.16. The Morgan fingerprint density at radius 2 is 1.71 bits per heavy atom. The van der Waals surface area contributed by atoms with E-state index in [1.165, 1.54) is 0 Å². The molecule has 1 unspecified atom stereocenters. The zero-order valence-corrected chi connectivity index (χ0v) is 13.4. The third-order valence-electron chi connectivity index (χ3n) is 3.62. The van der Waals surface area contributed by atoms with Crippen molar-refractivity contribution in [1.29, 1.82) is 0 Å². The number of carbonyl (C=O) groups is 2. The summed E-state index contributed by atoms with van der Waals surface area (Å²) in [5, 5.41) is 4.58. The van der Waals surface area contributed by atoms with Gasteiger partial charge in [-0.1, -0.05) is 31.2 Å². The van der Waals surface area contributed by atoms with Crippen molar-refractivity contribution in [3.05, 3.63) is 65.2 Å². The summed E-state index contributed by atoms with van der Waals surface area (Å²) in [7, 11) is 0. The number of rotatable bonds is 4. The minimum atomic E-state index is -1.06. The van der Waals surface area contributed by atoms with Gasteiger partial charge in [-0.2, -0.15) is 0 Å². The van der Waals surface area contributed by atoms with Crippen molar-refractivity contribution in [3.8, 4) is 0 Å². The highest BCUT2D eigenvalue weighted by molar-refractivity contribution is 6.39. The van der Waals surface area contributed by atoms with Crippen LogP contribution in [-0.2, 0) is 16.0 Å². The van der Waals surface area contributed by atoms with Gasteiger partial charge < -0.3 is 10.6 Å². The summed E-state index contributed by atoms with van der Waals surface area (Å²) >= 11 is 0. The van der Waals surface area contributed by atoms with Crippen LogP contribution in [0.2, 0.25) is 0 Å². The molecule has 126 valence electrons. The second-order valence-electron chi connectivity index (χ2n) is 5.37. The summed E-state index contributed by atoms with van der Waals surface area (Å²) in [4.78, 5) is 23.7. The maximum atomic E-state index is 13.5. The Bertz CT molecular complexity index is 745. The molecule has 0 saturated carbocycles. The molecule has 2 aromatic carbocycles. The highest BCUT2D eigenvalue weighted by Gasteiger charge is 2.18. The van der Waals surface area contributed by atoms with Gasteiger partial charge in [0.1, 0.15) is 11.6 Å². The van der Waals surface area contributed by atoms with Crippen molar-refractivity contribution >= 4 is 17.5 Å². The van der Waals surface area contributed by atoms with E-state index in [0.717, 1.165) is 35.7 Å². The Balaban J connectivity index is 2.00. The van der Waals surface area contributed by atoms with Gasteiger partial charge in [-0.25, -0.2) is 8.78 Å². The number of anilines is 1. The van der Waals surface area contributed by atoms with E-state index >= 15 is 0 Å². The lowest BCUT2D eigenvalue weighted by molar-refractivity contribution is -0.136. The molecule has 24 heavy (non-hydrogen) atoms. The van der Waals surface area contributed by atoms with Crippen LogP contribution in [0.3, 0.4) is 0 Å². The summed E-state index contributed by atoms with van der Waals surface area (Å²) in [6.07, 6.45) is 0.905. The zero-order chi connectivity index (χ0) is 17.7. The molecule has 2 rings (SSSR count). The van der Waals surface area contributed by atoms with Gasteiger partial charge in [0.15, 0.2) is 0 Å². The van der Waals surface area contributed by atoms with E-state index in [1.807, 2.05) is 31.2 Å². The summed E-state index contributed by atoms with van der Waals surface area (Å²) < 4.78 is 26.6. The predicted molar refractivity (Wildman–Crippen MR) is 87.4 cm³/mol. The van der Waals surface area contributed by atoms with Gasteiger partial charge in [-0.15, -0.1) is 0 Å². The molecular weight excluding hydrogens is 314 g/mol. The molecular formula is C18H18F2N2O2. The van der Waals surface area contributed by atoms with Crippen molar-refractivity contribution in [2.45, 2.75) is 26.3 Å². The van der Waals surface area contributed by atoms with Crippen molar-refractivity contribution in [3.63, 3.8) is 0 Å². The van der Waals surface area contributed by atoms with Crippen molar-refractivity contribution in [1.82, 2.24) is 5.32 Å². The monoisotopic (exact) mass is 332 g/mol. The number of aryl methyl sites for hydroxylation is 1. The molecule has 1 atom stereocenters. The van der Waals surface area contributed by atoms with E-state index in [0.29, 0.717) is 0 Å². The SMILES string of the molecule is CCc1ccc(C(C)NC(=O)C(=O)Nc2cc(F)ccc2F)cc1. The van der Waals surface area contributed by atoms with Gasteiger partial charge in [0, 0.05) is 6.07 Å². The van der Waals surface area contributed by atoms with Crippen molar-refractivity contribution in [2.24, 2.45) is 0 Å². The van der Waals surface area contributed by atoms with Crippen molar-refractivity contribution < 1.29 is 18.4 Å². The first-order valence-corrected chi connectivity index (χ1v) is 7.56. The fraction of sp³-hybridized carbons (Fsp3) is 0.222. The molecule has 0 bridgehead atoms. The molecule has 0 aliphatic carbocycles. The van der Waals surface area contributed by atoms with Crippen LogP contribution in [0, 0.1) is 11.6 Å². The highest BCUT2D eigenvalue weighted by Crippen LogP contribution is 2.16. The van der Waals surface area contributed by atoms with E-state index in [4.69, 9.17) is 0 Å². The maximum Gasteiger partial charge on any atom is 0.313 e. The number of nitrogens with one attached hydrogen (secondary N) is 2. The molecule has 4 nitrogen and oxygen atoms in total. The van der Waals surface area contributed by atoms with Gasteiger partial charge >= 0.3 is 11.8 Å². The van der Waals surface area contributed by atoms with Gasteiger partial charge in [-0.3, -0.25) is 9.59 Å². The largest absolute Gasteiger partial charge is 0.341 e. The molecule has 2 aromatic rings. The quantitative estimate of drug-likeness (QED) is 0.844. The lowest BCUT2D eigenvalue weighted by Gasteiger charge is -2.14. The van der Waals surface area contributed by atoms with E-state index in [9.17, 15) is 18.4 Å². The number of hydrogen-bond acceptors (Lipinski definition) is 2. The third-order valence-corrected chi connectivity index (χ3v) is 3.62. The number of amides is 2. The van der Waals surface area contributed by atoms with Crippen LogP contribution in [0.1, 0.15) is 31.0 Å². The minimum Gasteiger partial charge on any atom is -0.341 e. The first kappa shape index (κ1) is 17.6. The van der Waals surface area contributed by atoms with Gasteiger partial charge in [0.2, 0.25) is 0 Å². The lowest BCUT2D eigenvalue weighted by Crippen LogP contribution is -2.37. The second kappa shape index (κ2) is 7.68. The first-order valence-electron chi connectivity index (χ1n) is 7.56.